The fourth-order valence-electron chi connectivity index (χ4n) is 1.99. The maximum absolute atomic E-state index is 5.70. The van der Waals surface area contributed by atoms with Crippen LogP contribution in [0.2, 0.25) is 0 Å². The highest BCUT2D eigenvalue weighted by molar-refractivity contribution is 7.17. The van der Waals surface area contributed by atoms with Crippen LogP contribution in [-0.4, -0.2) is 24.7 Å². The van der Waals surface area contributed by atoms with E-state index in [1.54, 1.807) is 11.3 Å². The fraction of sp³-hybridized carbons (Fsp3) is 0.533. The summed E-state index contributed by atoms with van der Waals surface area (Å²) in [5.74, 6) is 0. The van der Waals surface area contributed by atoms with Crippen LogP contribution < -0.4 is 5.32 Å². The standard InChI is InChI=1S/C15H22N2OS/c1-3-6-16-14(11-18-7-4-2)12-9-15-13(17-10-12)5-8-19-15/h5,8-10,14,16H,3-4,6-7,11H2,1-2H3. The van der Waals surface area contributed by atoms with Crippen LogP contribution in [0.3, 0.4) is 0 Å². The molecule has 0 aliphatic carbocycles. The first-order valence-electron chi connectivity index (χ1n) is 6.99. The van der Waals surface area contributed by atoms with Gasteiger partial charge in [0.05, 0.1) is 22.9 Å². The number of nitrogens with zero attached hydrogens (tertiary/aromatic N) is 1. The summed E-state index contributed by atoms with van der Waals surface area (Å²) in [7, 11) is 0. The molecule has 0 fully saturated rings. The quantitative estimate of drug-likeness (QED) is 0.746. The van der Waals surface area contributed by atoms with Gasteiger partial charge in [-0.2, -0.15) is 0 Å². The molecule has 2 heterocycles. The van der Waals surface area contributed by atoms with Crippen molar-refractivity contribution in [1.82, 2.24) is 10.3 Å². The molecule has 1 unspecified atom stereocenters. The topological polar surface area (TPSA) is 34.1 Å². The van der Waals surface area contributed by atoms with E-state index < -0.39 is 0 Å². The number of ether oxygens (including phenoxy) is 1. The van der Waals surface area contributed by atoms with Crippen LogP contribution in [-0.2, 0) is 4.74 Å². The molecule has 4 heteroatoms. The van der Waals surface area contributed by atoms with Crippen LogP contribution in [0.1, 0.15) is 38.3 Å². The van der Waals surface area contributed by atoms with Crippen LogP contribution in [0, 0.1) is 0 Å². The number of rotatable bonds is 8. The minimum absolute atomic E-state index is 0.241. The number of hydrogen-bond donors (Lipinski definition) is 1. The summed E-state index contributed by atoms with van der Waals surface area (Å²) >= 11 is 1.74. The summed E-state index contributed by atoms with van der Waals surface area (Å²) in [4.78, 5) is 4.51. The van der Waals surface area contributed by atoms with E-state index in [9.17, 15) is 0 Å². The van der Waals surface area contributed by atoms with E-state index in [1.807, 2.05) is 6.20 Å². The van der Waals surface area contributed by atoms with Crippen LogP contribution >= 0.6 is 11.3 Å². The first kappa shape index (κ1) is 14.4. The zero-order chi connectivity index (χ0) is 13.5. The number of pyridine rings is 1. The maximum atomic E-state index is 5.70. The molecule has 0 aromatic carbocycles. The van der Waals surface area contributed by atoms with Gasteiger partial charge in [0.25, 0.3) is 0 Å². The van der Waals surface area contributed by atoms with E-state index in [4.69, 9.17) is 4.74 Å². The molecule has 2 aromatic heterocycles. The number of thiophene rings is 1. The van der Waals surface area contributed by atoms with Gasteiger partial charge in [-0.25, -0.2) is 0 Å². The van der Waals surface area contributed by atoms with Crippen molar-refractivity contribution in [2.24, 2.45) is 0 Å². The van der Waals surface area contributed by atoms with Crippen molar-refractivity contribution in [2.45, 2.75) is 32.7 Å². The summed E-state index contributed by atoms with van der Waals surface area (Å²) in [5.41, 5.74) is 2.30. The Hall–Kier alpha value is -0.970. The van der Waals surface area contributed by atoms with Crippen LogP contribution in [0.15, 0.2) is 23.7 Å². The monoisotopic (exact) mass is 278 g/mol. The molecule has 0 radical (unpaired) electrons. The third-order valence-electron chi connectivity index (χ3n) is 3.00. The summed E-state index contributed by atoms with van der Waals surface area (Å²) < 4.78 is 6.95. The Morgan fingerprint density at radius 1 is 1.37 bits per heavy atom. The van der Waals surface area contributed by atoms with Crippen molar-refractivity contribution < 1.29 is 4.74 Å². The third kappa shape index (κ3) is 4.00. The molecular formula is C15H22N2OS. The van der Waals surface area contributed by atoms with Crippen molar-refractivity contribution in [3.8, 4) is 0 Å². The zero-order valence-corrected chi connectivity index (χ0v) is 12.5. The molecule has 2 rings (SSSR count). The molecule has 0 saturated heterocycles. The molecule has 0 aliphatic heterocycles. The second-order valence-corrected chi connectivity index (χ2v) is 5.60. The van der Waals surface area contributed by atoms with Gasteiger partial charge in [-0.05, 0) is 42.5 Å². The zero-order valence-electron chi connectivity index (χ0n) is 11.7. The van der Waals surface area contributed by atoms with E-state index in [2.05, 4.69) is 41.7 Å². The van der Waals surface area contributed by atoms with Gasteiger partial charge in [0.15, 0.2) is 0 Å². The van der Waals surface area contributed by atoms with Gasteiger partial charge in [0, 0.05) is 12.8 Å². The lowest BCUT2D eigenvalue weighted by Crippen LogP contribution is -2.26. The third-order valence-corrected chi connectivity index (χ3v) is 3.85. The van der Waals surface area contributed by atoms with Gasteiger partial charge in [0.1, 0.15) is 0 Å². The summed E-state index contributed by atoms with van der Waals surface area (Å²) in [6, 6.07) is 4.53. The van der Waals surface area contributed by atoms with Gasteiger partial charge in [-0.15, -0.1) is 11.3 Å². The number of nitrogens with one attached hydrogen (secondary N) is 1. The molecule has 1 atom stereocenters. The van der Waals surface area contributed by atoms with Crippen LogP contribution in [0.25, 0.3) is 10.2 Å². The molecule has 0 bridgehead atoms. The molecule has 0 saturated carbocycles. The Morgan fingerprint density at radius 3 is 3.05 bits per heavy atom. The average Bonchev–Trinajstić information content (AvgIpc) is 2.90. The Kier molecular flexibility index (Phi) is 5.76. The van der Waals surface area contributed by atoms with Crippen LogP contribution in [0.5, 0.6) is 0 Å². The fourth-order valence-corrected chi connectivity index (χ4v) is 2.78. The molecule has 3 nitrogen and oxygen atoms in total. The molecule has 0 aliphatic rings. The minimum atomic E-state index is 0.241. The smallest absolute Gasteiger partial charge is 0.0809 e. The molecule has 1 N–H and O–H groups in total. The molecule has 0 amide bonds. The van der Waals surface area contributed by atoms with Crippen molar-refractivity contribution >= 4 is 21.6 Å². The van der Waals surface area contributed by atoms with Gasteiger partial charge >= 0.3 is 0 Å². The lowest BCUT2D eigenvalue weighted by Gasteiger charge is -2.18. The number of fused-ring (bicyclic) bond motifs is 1. The Bertz CT molecular complexity index is 498. The van der Waals surface area contributed by atoms with Crippen molar-refractivity contribution in [3.63, 3.8) is 0 Å². The summed E-state index contributed by atoms with van der Waals surface area (Å²) in [6.07, 6.45) is 4.15. The first-order chi connectivity index (χ1) is 9.35. The van der Waals surface area contributed by atoms with E-state index in [0.717, 1.165) is 31.5 Å². The Morgan fingerprint density at radius 2 is 2.26 bits per heavy atom. The molecule has 104 valence electrons. The average molecular weight is 278 g/mol. The van der Waals surface area contributed by atoms with E-state index in [0.29, 0.717) is 6.61 Å². The summed E-state index contributed by atoms with van der Waals surface area (Å²) in [5, 5.41) is 5.63. The Labute approximate surface area is 119 Å². The van der Waals surface area contributed by atoms with Gasteiger partial charge in [-0.1, -0.05) is 13.8 Å². The van der Waals surface area contributed by atoms with Gasteiger partial charge in [0.2, 0.25) is 0 Å². The second-order valence-electron chi connectivity index (χ2n) is 4.65. The van der Waals surface area contributed by atoms with E-state index >= 15 is 0 Å². The largest absolute Gasteiger partial charge is 0.379 e. The van der Waals surface area contributed by atoms with Crippen molar-refractivity contribution in [3.05, 3.63) is 29.3 Å². The maximum Gasteiger partial charge on any atom is 0.0809 e. The molecular weight excluding hydrogens is 256 g/mol. The highest BCUT2D eigenvalue weighted by atomic mass is 32.1. The highest BCUT2D eigenvalue weighted by Crippen LogP contribution is 2.23. The molecule has 19 heavy (non-hydrogen) atoms. The Balaban J connectivity index is 2.10. The lowest BCUT2D eigenvalue weighted by molar-refractivity contribution is 0.112. The second kappa shape index (κ2) is 7.58. The number of aromatic nitrogens is 1. The highest BCUT2D eigenvalue weighted by Gasteiger charge is 2.12. The van der Waals surface area contributed by atoms with E-state index in [1.165, 1.54) is 10.3 Å². The predicted octanol–water partition coefficient (Wildman–Crippen LogP) is 3.76. The molecule has 0 spiro atoms. The van der Waals surface area contributed by atoms with Crippen LogP contribution in [0.4, 0.5) is 0 Å². The lowest BCUT2D eigenvalue weighted by atomic mass is 10.1. The van der Waals surface area contributed by atoms with Crippen molar-refractivity contribution in [1.29, 1.82) is 0 Å². The first-order valence-corrected chi connectivity index (χ1v) is 7.87. The molecule has 2 aromatic rings. The number of hydrogen-bond acceptors (Lipinski definition) is 4. The van der Waals surface area contributed by atoms with Gasteiger partial charge in [-0.3, -0.25) is 4.98 Å². The van der Waals surface area contributed by atoms with Gasteiger partial charge < -0.3 is 10.1 Å². The van der Waals surface area contributed by atoms with E-state index in [-0.39, 0.29) is 6.04 Å². The van der Waals surface area contributed by atoms with Crippen molar-refractivity contribution in [2.75, 3.05) is 19.8 Å². The predicted molar refractivity (Wildman–Crippen MR) is 81.8 cm³/mol. The summed E-state index contributed by atoms with van der Waals surface area (Å²) in [6.45, 7) is 6.85. The normalized spacial score (nSPS) is 12.9. The SMILES string of the molecule is CCCNC(COCCC)c1cnc2ccsc2c1. The minimum Gasteiger partial charge on any atom is -0.379 e.